The second-order valence-electron chi connectivity index (χ2n) is 7.15. The molecule has 0 bridgehead atoms. The maximum absolute atomic E-state index is 11.9. The van der Waals surface area contributed by atoms with Crippen molar-refractivity contribution in [2.45, 2.75) is 51.3 Å². The number of hydrogen-bond donors (Lipinski definition) is 3. The maximum atomic E-state index is 11.9. The monoisotopic (exact) mass is 331 g/mol. The van der Waals surface area contributed by atoms with E-state index in [0.717, 1.165) is 25.9 Å². The molecule has 1 saturated carbocycles. The Morgan fingerprint density at radius 3 is 2.96 bits per heavy atom. The number of amides is 2. The van der Waals surface area contributed by atoms with Crippen LogP contribution in [0.2, 0.25) is 0 Å². The molecule has 0 radical (unpaired) electrons. The van der Waals surface area contributed by atoms with Crippen molar-refractivity contribution in [2.24, 2.45) is 5.92 Å². The van der Waals surface area contributed by atoms with Crippen LogP contribution in [0.5, 0.6) is 0 Å². The van der Waals surface area contributed by atoms with E-state index in [2.05, 4.69) is 46.7 Å². The average Bonchev–Trinajstić information content (AvgIpc) is 3.30. The lowest BCUT2D eigenvalue weighted by Crippen LogP contribution is -2.45. The zero-order valence-electron chi connectivity index (χ0n) is 14.5. The summed E-state index contributed by atoms with van der Waals surface area (Å²) in [5.74, 6) is 0.652. The van der Waals surface area contributed by atoms with Gasteiger partial charge in [-0.15, -0.1) is 0 Å². The molecule has 1 fully saturated rings. The standard InChI is InChI=1S/C19H29N3O2/c1-2-5-15-10-18(15)21-19(24)20-11-17(23)13-22-9-8-14-6-3-4-7-16(14)12-22/h3-4,6-7,15,17-18,23H,2,5,8-13H2,1H3,(H2,20,21,24). The van der Waals surface area contributed by atoms with Crippen LogP contribution in [0.1, 0.15) is 37.3 Å². The lowest BCUT2D eigenvalue weighted by atomic mass is 10.00. The van der Waals surface area contributed by atoms with Crippen LogP contribution in [-0.4, -0.2) is 47.8 Å². The Morgan fingerprint density at radius 1 is 1.38 bits per heavy atom. The predicted molar refractivity (Wildman–Crippen MR) is 94.8 cm³/mol. The van der Waals surface area contributed by atoms with Gasteiger partial charge in [-0.1, -0.05) is 37.6 Å². The van der Waals surface area contributed by atoms with Gasteiger partial charge in [0.2, 0.25) is 0 Å². The molecule has 0 spiro atoms. The number of nitrogens with zero attached hydrogens (tertiary/aromatic N) is 1. The molecule has 2 aliphatic rings. The zero-order chi connectivity index (χ0) is 16.9. The Kier molecular flexibility index (Phi) is 5.74. The summed E-state index contributed by atoms with van der Waals surface area (Å²) in [5, 5.41) is 16.0. The summed E-state index contributed by atoms with van der Waals surface area (Å²) < 4.78 is 0. The van der Waals surface area contributed by atoms with Gasteiger partial charge in [0, 0.05) is 32.2 Å². The maximum Gasteiger partial charge on any atom is 0.315 e. The number of aliphatic hydroxyl groups is 1. The van der Waals surface area contributed by atoms with Crippen molar-refractivity contribution in [3.05, 3.63) is 35.4 Å². The third-order valence-electron chi connectivity index (χ3n) is 5.08. The number of rotatable bonds is 7. The molecule has 5 heteroatoms. The van der Waals surface area contributed by atoms with Crippen molar-refractivity contribution in [3.63, 3.8) is 0 Å². The molecule has 24 heavy (non-hydrogen) atoms. The molecule has 3 atom stereocenters. The summed E-state index contributed by atoms with van der Waals surface area (Å²) in [5.41, 5.74) is 2.75. The van der Waals surface area contributed by atoms with Crippen LogP contribution in [0.3, 0.4) is 0 Å². The third kappa shape index (κ3) is 4.71. The smallest absolute Gasteiger partial charge is 0.315 e. The Balaban J connectivity index is 1.34. The van der Waals surface area contributed by atoms with Crippen molar-refractivity contribution in [3.8, 4) is 0 Å². The molecule has 2 amide bonds. The van der Waals surface area contributed by atoms with Crippen molar-refractivity contribution < 1.29 is 9.90 Å². The molecule has 132 valence electrons. The number of aliphatic hydroxyl groups excluding tert-OH is 1. The Morgan fingerprint density at radius 2 is 2.17 bits per heavy atom. The van der Waals surface area contributed by atoms with Crippen molar-refractivity contribution >= 4 is 6.03 Å². The first-order chi connectivity index (χ1) is 11.7. The molecule has 5 nitrogen and oxygen atoms in total. The van der Waals surface area contributed by atoms with E-state index in [1.165, 1.54) is 24.0 Å². The molecule has 3 unspecified atom stereocenters. The molecule has 1 aliphatic carbocycles. The normalized spacial score (nSPS) is 24.1. The number of carbonyl (C=O) groups is 1. The molecule has 3 N–H and O–H groups in total. The van der Waals surface area contributed by atoms with Gasteiger partial charge in [0.15, 0.2) is 0 Å². The van der Waals surface area contributed by atoms with Gasteiger partial charge in [-0.25, -0.2) is 4.79 Å². The summed E-state index contributed by atoms with van der Waals surface area (Å²) in [4.78, 5) is 14.1. The van der Waals surface area contributed by atoms with E-state index in [-0.39, 0.29) is 6.03 Å². The van der Waals surface area contributed by atoms with Gasteiger partial charge in [-0.05, 0) is 36.3 Å². The van der Waals surface area contributed by atoms with Crippen LogP contribution in [0, 0.1) is 5.92 Å². The second-order valence-corrected chi connectivity index (χ2v) is 7.15. The van der Waals surface area contributed by atoms with E-state index in [9.17, 15) is 9.90 Å². The van der Waals surface area contributed by atoms with Gasteiger partial charge in [-0.3, -0.25) is 4.90 Å². The van der Waals surface area contributed by atoms with Crippen LogP contribution in [0.4, 0.5) is 4.79 Å². The lowest BCUT2D eigenvalue weighted by molar-refractivity contribution is 0.105. The molecular weight excluding hydrogens is 302 g/mol. The average molecular weight is 331 g/mol. The summed E-state index contributed by atoms with van der Waals surface area (Å²) in [7, 11) is 0. The topological polar surface area (TPSA) is 64.6 Å². The predicted octanol–water partition coefficient (Wildman–Crippen LogP) is 1.89. The minimum absolute atomic E-state index is 0.151. The van der Waals surface area contributed by atoms with Gasteiger partial charge in [0.05, 0.1) is 6.10 Å². The molecule has 1 aliphatic heterocycles. The molecule has 0 aromatic heterocycles. The fourth-order valence-corrected chi connectivity index (χ4v) is 3.62. The number of urea groups is 1. The summed E-state index contributed by atoms with van der Waals surface area (Å²) in [6, 6.07) is 8.66. The SMILES string of the molecule is CCCC1CC1NC(=O)NCC(O)CN1CCc2ccccc2C1. The Hall–Kier alpha value is -1.59. The van der Waals surface area contributed by atoms with E-state index in [4.69, 9.17) is 0 Å². The van der Waals surface area contributed by atoms with Gasteiger partial charge < -0.3 is 15.7 Å². The van der Waals surface area contributed by atoms with Crippen LogP contribution in [0.15, 0.2) is 24.3 Å². The summed E-state index contributed by atoms with van der Waals surface area (Å²) in [6.07, 6.45) is 3.94. The number of hydrogen-bond acceptors (Lipinski definition) is 3. The van der Waals surface area contributed by atoms with Gasteiger partial charge in [-0.2, -0.15) is 0 Å². The Bertz CT molecular complexity index is 563. The summed E-state index contributed by atoms with van der Waals surface area (Å²) in [6.45, 7) is 4.90. The first-order valence-electron chi connectivity index (χ1n) is 9.17. The largest absolute Gasteiger partial charge is 0.390 e. The van der Waals surface area contributed by atoms with Gasteiger partial charge in [0.25, 0.3) is 0 Å². The minimum atomic E-state index is -0.536. The number of nitrogens with one attached hydrogen (secondary N) is 2. The van der Waals surface area contributed by atoms with Gasteiger partial charge in [0.1, 0.15) is 0 Å². The molecule has 1 aromatic rings. The van der Waals surface area contributed by atoms with Crippen LogP contribution in [-0.2, 0) is 13.0 Å². The van der Waals surface area contributed by atoms with Crippen LogP contribution >= 0.6 is 0 Å². The number of benzene rings is 1. The van der Waals surface area contributed by atoms with E-state index in [1.54, 1.807) is 0 Å². The highest BCUT2D eigenvalue weighted by Crippen LogP contribution is 2.34. The summed E-state index contributed by atoms with van der Waals surface area (Å²) >= 11 is 0. The highest BCUT2D eigenvalue weighted by atomic mass is 16.3. The van der Waals surface area contributed by atoms with E-state index in [1.807, 2.05) is 0 Å². The third-order valence-corrected chi connectivity index (χ3v) is 5.08. The van der Waals surface area contributed by atoms with Crippen molar-refractivity contribution in [1.29, 1.82) is 0 Å². The fraction of sp³-hybridized carbons (Fsp3) is 0.632. The highest BCUT2D eigenvalue weighted by molar-refractivity contribution is 5.74. The zero-order valence-corrected chi connectivity index (χ0v) is 14.5. The number of β-amino-alcohol motifs (C(OH)–C–C–N with tert-alkyl or cyclic N) is 1. The van der Waals surface area contributed by atoms with Gasteiger partial charge >= 0.3 is 6.03 Å². The second kappa shape index (κ2) is 7.99. The highest BCUT2D eigenvalue weighted by Gasteiger charge is 2.37. The lowest BCUT2D eigenvalue weighted by Gasteiger charge is -2.30. The van der Waals surface area contributed by atoms with Crippen molar-refractivity contribution in [1.82, 2.24) is 15.5 Å². The van der Waals surface area contributed by atoms with Crippen LogP contribution < -0.4 is 10.6 Å². The molecule has 1 aromatic carbocycles. The van der Waals surface area contributed by atoms with E-state index >= 15 is 0 Å². The van der Waals surface area contributed by atoms with E-state index < -0.39 is 6.10 Å². The molecule has 1 heterocycles. The first kappa shape index (κ1) is 17.2. The quantitative estimate of drug-likeness (QED) is 0.715. The first-order valence-corrected chi connectivity index (χ1v) is 9.17. The molecule has 3 rings (SSSR count). The molecular formula is C19H29N3O2. The molecule has 0 saturated heterocycles. The number of carbonyl (C=O) groups excluding carboxylic acids is 1. The minimum Gasteiger partial charge on any atom is -0.390 e. The van der Waals surface area contributed by atoms with Crippen molar-refractivity contribution in [2.75, 3.05) is 19.6 Å². The fourth-order valence-electron chi connectivity index (χ4n) is 3.62. The number of fused-ring (bicyclic) bond motifs is 1. The van der Waals surface area contributed by atoms with E-state index in [0.29, 0.717) is 25.0 Å². The van der Waals surface area contributed by atoms with Crippen LogP contribution in [0.25, 0.3) is 0 Å². The Labute approximate surface area is 144 Å².